The van der Waals surface area contributed by atoms with Crippen molar-refractivity contribution in [2.45, 2.75) is 6.54 Å². The van der Waals surface area contributed by atoms with Crippen LogP contribution in [0.4, 0.5) is 16.0 Å². The standard InChI is InChI=1S/C20H20FN5O2/c21-15-3-5-16(6-4-15)25-9-11-26(12-10-25)20-22-8-7-18(24-20)19(27)23-14-17-2-1-13-28-17/h1-8,13H,9-12,14H2,(H,23,27). The Morgan fingerprint density at radius 2 is 1.82 bits per heavy atom. The van der Waals surface area contributed by atoms with E-state index < -0.39 is 0 Å². The first kappa shape index (κ1) is 18.0. The minimum atomic E-state index is -0.273. The number of aromatic nitrogens is 2. The summed E-state index contributed by atoms with van der Waals surface area (Å²) in [5, 5.41) is 2.78. The minimum absolute atomic E-state index is 0.238. The van der Waals surface area contributed by atoms with Crippen LogP contribution in [0.3, 0.4) is 0 Å². The molecule has 0 aliphatic carbocycles. The monoisotopic (exact) mass is 381 g/mol. The first-order valence-electron chi connectivity index (χ1n) is 9.08. The fourth-order valence-corrected chi connectivity index (χ4v) is 3.11. The SMILES string of the molecule is O=C(NCc1ccco1)c1ccnc(N2CCN(c3ccc(F)cc3)CC2)n1. The zero-order valence-corrected chi connectivity index (χ0v) is 15.2. The third-order valence-electron chi connectivity index (χ3n) is 4.63. The maximum absolute atomic E-state index is 13.1. The smallest absolute Gasteiger partial charge is 0.270 e. The lowest BCUT2D eigenvalue weighted by Gasteiger charge is -2.36. The van der Waals surface area contributed by atoms with Crippen LogP contribution in [0.5, 0.6) is 0 Å². The highest BCUT2D eigenvalue weighted by Crippen LogP contribution is 2.19. The fourth-order valence-electron chi connectivity index (χ4n) is 3.11. The molecule has 0 spiro atoms. The molecule has 7 nitrogen and oxygen atoms in total. The number of anilines is 2. The molecule has 0 atom stereocenters. The second-order valence-corrected chi connectivity index (χ2v) is 6.45. The van der Waals surface area contributed by atoms with E-state index in [0.717, 1.165) is 31.9 Å². The predicted octanol–water partition coefficient (Wildman–Crippen LogP) is 2.47. The number of halogens is 1. The summed E-state index contributed by atoms with van der Waals surface area (Å²) < 4.78 is 18.3. The Labute approximate surface area is 161 Å². The van der Waals surface area contributed by atoms with Crippen molar-refractivity contribution in [2.24, 2.45) is 0 Å². The van der Waals surface area contributed by atoms with Gasteiger partial charge in [-0.2, -0.15) is 0 Å². The highest BCUT2D eigenvalue weighted by atomic mass is 19.1. The van der Waals surface area contributed by atoms with Gasteiger partial charge in [-0.3, -0.25) is 4.79 Å². The van der Waals surface area contributed by atoms with Crippen LogP contribution in [0.25, 0.3) is 0 Å². The van der Waals surface area contributed by atoms with E-state index >= 15 is 0 Å². The van der Waals surface area contributed by atoms with Gasteiger partial charge in [0, 0.05) is 38.1 Å². The molecule has 3 aromatic rings. The van der Waals surface area contributed by atoms with E-state index in [9.17, 15) is 9.18 Å². The van der Waals surface area contributed by atoms with Crippen molar-refractivity contribution in [1.29, 1.82) is 0 Å². The van der Waals surface area contributed by atoms with E-state index in [1.807, 2.05) is 4.90 Å². The van der Waals surface area contributed by atoms with Crippen molar-refractivity contribution >= 4 is 17.5 Å². The zero-order chi connectivity index (χ0) is 19.3. The summed E-state index contributed by atoms with van der Waals surface area (Å²) in [6.07, 6.45) is 3.16. The molecule has 0 bridgehead atoms. The molecule has 1 fully saturated rings. The number of carbonyl (C=O) groups is 1. The van der Waals surface area contributed by atoms with Crippen molar-refractivity contribution in [2.75, 3.05) is 36.0 Å². The Bertz CT molecular complexity index is 922. The topological polar surface area (TPSA) is 74.5 Å². The van der Waals surface area contributed by atoms with Crippen LogP contribution in [-0.2, 0) is 6.54 Å². The Balaban J connectivity index is 1.36. The van der Waals surface area contributed by atoms with Crippen LogP contribution >= 0.6 is 0 Å². The molecular formula is C20H20FN5O2. The summed E-state index contributed by atoms with van der Waals surface area (Å²) >= 11 is 0. The fraction of sp³-hybridized carbons (Fsp3) is 0.250. The zero-order valence-electron chi connectivity index (χ0n) is 15.2. The molecule has 1 saturated heterocycles. The van der Waals surface area contributed by atoms with Gasteiger partial charge >= 0.3 is 0 Å². The van der Waals surface area contributed by atoms with Crippen LogP contribution in [0, 0.1) is 5.82 Å². The molecule has 1 aliphatic heterocycles. The van der Waals surface area contributed by atoms with Gasteiger partial charge in [-0.1, -0.05) is 0 Å². The number of benzene rings is 1. The summed E-state index contributed by atoms with van der Waals surface area (Å²) in [6.45, 7) is 3.28. The van der Waals surface area contributed by atoms with E-state index in [1.54, 1.807) is 42.8 Å². The molecule has 1 amide bonds. The molecule has 1 N–H and O–H groups in total. The van der Waals surface area contributed by atoms with Gasteiger partial charge in [-0.25, -0.2) is 14.4 Å². The maximum Gasteiger partial charge on any atom is 0.270 e. The van der Waals surface area contributed by atoms with E-state index in [-0.39, 0.29) is 11.7 Å². The first-order valence-corrected chi connectivity index (χ1v) is 9.08. The van der Waals surface area contributed by atoms with Crippen LogP contribution in [-0.4, -0.2) is 42.1 Å². The Morgan fingerprint density at radius 3 is 2.54 bits per heavy atom. The second kappa shape index (κ2) is 8.08. The summed E-state index contributed by atoms with van der Waals surface area (Å²) in [5.74, 6) is 0.701. The lowest BCUT2D eigenvalue weighted by molar-refractivity contribution is 0.0943. The molecule has 0 unspecified atom stereocenters. The predicted molar refractivity (Wildman–Crippen MR) is 103 cm³/mol. The van der Waals surface area contributed by atoms with Crippen LogP contribution < -0.4 is 15.1 Å². The highest BCUT2D eigenvalue weighted by Gasteiger charge is 2.20. The molecule has 0 saturated carbocycles. The number of nitrogens with zero attached hydrogens (tertiary/aromatic N) is 4. The summed E-state index contributed by atoms with van der Waals surface area (Å²) in [4.78, 5) is 25.3. The lowest BCUT2D eigenvalue weighted by Crippen LogP contribution is -2.47. The van der Waals surface area contributed by atoms with Gasteiger partial charge in [0.1, 0.15) is 17.3 Å². The molecule has 144 valence electrons. The first-order chi connectivity index (χ1) is 13.7. The van der Waals surface area contributed by atoms with Gasteiger partial charge < -0.3 is 19.5 Å². The van der Waals surface area contributed by atoms with Crippen LogP contribution in [0.15, 0.2) is 59.3 Å². The van der Waals surface area contributed by atoms with Gasteiger partial charge in [0.25, 0.3) is 5.91 Å². The Morgan fingerprint density at radius 1 is 1.07 bits per heavy atom. The largest absolute Gasteiger partial charge is 0.467 e. The van der Waals surface area contributed by atoms with Crippen LogP contribution in [0.2, 0.25) is 0 Å². The van der Waals surface area contributed by atoms with Crippen molar-refractivity contribution in [1.82, 2.24) is 15.3 Å². The number of rotatable bonds is 5. The summed E-state index contributed by atoms with van der Waals surface area (Å²) in [5.41, 5.74) is 1.31. The molecule has 3 heterocycles. The second-order valence-electron chi connectivity index (χ2n) is 6.45. The number of amides is 1. The van der Waals surface area contributed by atoms with E-state index in [1.165, 1.54) is 12.1 Å². The van der Waals surface area contributed by atoms with Gasteiger partial charge in [-0.05, 0) is 42.5 Å². The van der Waals surface area contributed by atoms with Crippen molar-refractivity contribution < 1.29 is 13.6 Å². The number of hydrogen-bond donors (Lipinski definition) is 1. The van der Waals surface area contributed by atoms with Gasteiger partial charge in [0.05, 0.1) is 12.8 Å². The molecule has 28 heavy (non-hydrogen) atoms. The average Bonchev–Trinajstić information content (AvgIpc) is 3.26. The summed E-state index contributed by atoms with van der Waals surface area (Å²) in [6, 6.07) is 11.7. The van der Waals surface area contributed by atoms with E-state index in [2.05, 4.69) is 20.2 Å². The van der Waals surface area contributed by atoms with Gasteiger partial charge in [0.15, 0.2) is 0 Å². The molecular weight excluding hydrogens is 361 g/mol. The number of furan rings is 1. The number of nitrogens with one attached hydrogen (secondary N) is 1. The van der Waals surface area contributed by atoms with E-state index in [0.29, 0.717) is 23.9 Å². The lowest BCUT2D eigenvalue weighted by atomic mass is 10.2. The molecule has 8 heteroatoms. The number of carbonyl (C=O) groups excluding carboxylic acids is 1. The molecule has 4 rings (SSSR count). The van der Waals surface area contributed by atoms with Crippen molar-refractivity contribution in [3.63, 3.8) is 0 Å². The van der Waals surface area contributed by atoms with Crippen LogP contribution in [0.1, 0.15) is 16.2 Å². The minimum Gasteiger partial charge on any atom is -0.467 e. The van der Waals surface area contributed by atoms with Crippen molar-refractivity contribution in [3.05, 3.63) is 72.2 Å². The molecule has 0 radical (unpaired) electrons. The third-order valence-corrected chi connectivity index (χ3v) is 4.63. The maximum atomic E-state index is 13.1. The molecule has 1 aliphatic rings. The molecule has 1 aromatic carbocycles. The molecule has 2 aromatic heterocycles. The van der Waals surface area contributed by atoms with Crippen molar-refractivity contribution in [3.8, 4) is 0 Å². The number of hydrogen-bond acceptors (Lipinski definition) is 6. The third kappa shape index (κ3) is 4.11. The summed E-state index contributed by atoms with van der Waals surface area (Å²) in [7, 11) is 0. The highest BCUT2D eigenvalue weighted by molar-refractivity contribution is 5.92. The average molecular weight is 381 g/mol. The van der Waals surface area contributed by atoms with Gasteiger partial charge in [0.2, 0.25) is 5.95 Å². The quantitative estimate of drug-likeness (QED) is 0.732. The number of piperazine rings is 1. The van der Waals surface area contributed by atoms with E-state index in [4.69, 9.17) is 4.42 Å². The van der Waals surface area contributed by atoms with Gasteiger partial charge in [-0.15, -0.1) is 0 Å². The Hall–Kier alpha value is -3.42. The normalized spacial score (nSPS) is 14.2. The Kier molecular flexibility index (Phi) is 5.18.